The Labute approximate surface area is 206 Å². The molecule has 2 atom stereocenters. The molecule has 2 N–H and O–H groups in total. The number of aromatic amines is 1. The summed E-state index contributed by atoms with van der Waals surface area (Å²) in [6, 6.07) is 11.6. The van der Waals surface area contributed by atoms with Gasteiger partial charge in [-0.05, 0) is 47.9 Å². The van der Waals surface area contributed by atoms with E-state index in [1.54, 1.807) is 35.6 Å². The molecule has 9 heteroatoms. The Hall–Kier alpha value is -3.78. The van der Waals surface area contributed by atoms with E-state index in [0.717, 1.165) is 27.7 Å². The molecule has 4 heterocycles. The lowest BCUT2D eigenvalue weighted by molar-refractivity contribution is -0.134. The number of halogens is 1. The summed E-state index contributed by atoms with van der Waals surface area (Å²) in [5.41, 5.74) is 2.42. The number of imidazole rings is 1. The molecule has 2 aliphatic heterocycles. The SMILES string of the molecule is CCC12Cc3c([nH]c4ccc(Cl)cc34)C(c3cccc(O)c3)N1C(=O)N(CCn1ccnc1)C2=O. The van der Waals surface area contributed by atoms with Crippen molar-refractivity contribution in [3.05, 3.63) is 83.0 Å². The normalized spacial score (nSPS) is 21.6. The van der Waals surface area contributed by atoms with Gasteiger partial charge in [-0.3, -0.25) is 14.6 Å². The number of carbonyl (C=O) groups excluding carboxylic acids is 2. The molecule has 0 radical (unpaired) electrons. The number of rotatable bonds is 5. The number of nitrogens with one attached hydrogen (secondary N) is 1. The van der Waals surface area contributed by atoms with Crippen molar-refractivity contribution in [2.24, 2.45) is 0 Å². The first-order chi connectivity index (χ1) is 16.9. The lowest BCUT2D eigenvalue weighted by Gasteiger charge is -2.44. The van der Waals surface area contributed by atoms with Crippen LogP contribution in [0, 0.1) is 0 Å². The summed E-state index contributed by atoms with van der Waals surface area (Å²) >= 11 is 6.34. The monoisotopic (exact) mass is 489 g/mol. The van der Waals surface area contributed by atoms with E-state index in [1.165, 1.54) is 4.90 Å². The van der Waals surface area contributed by atoms with Crippen molar-refractivity contribution in [1.29, 1.82) is 0 Å². The van der Waals surface area contributed by atoms with Crippen LogP contribution in [0.25, 0.3) is 10.9 Å². The summed E-state index contributed by atoms with van der Waals surface area (Å²) in [7, 11) is 0. The first-order valence-electron chi connectivity index (χ1n) is 11.6. The Balaban J connectivity index is 1.53. The van der Waals surface area contributed by atoms with E-state index in [-0.39, 0.29) is 24.2 Å². The van der Waals surface area contributed by atoms with E-state index >= 15 is 0 Å². The second-order valence-corrected chi connectivity index (χ2v) is 9.61. The van der Waals surface area contributed by atoms with Crippen LogP contribution >= 0.6 is 11.6 Å². The van der Waals surface area contributed by atoms with Crippen LogP contribution in [0.15, 0.2) is 61.2 Å². The number of urea groups is 1. The zero-order valence-electron chi connectivity index (χ0n) is 19.1. The molecule has 1 fully saturated rings. The summed E-state index contributed by atoms with van der Waals surface area (Å²) in [5.74, 6) is -0.0943. The zero-order chi connectivity index (χ0) is 24.3. The topological polar surface area (TPSA) is 94.5 Å². The Morgan fingerprint density at radius 1 is 1.20 bits per heavy atom. The van der Waals surface area contributed by atoms with E-state index < -0.39 is 11.6 Å². The van der Waals surface area contributed by atoms with Crippen molar-refractivity contribution in [3.8, 4) is 5.75 Å². The smallest absolute Gasteiger partial charge is 0.328 e. The number of phenolic OH excluding ortho intramolecular Hbond substituents is 1. The molecule has 1 saturated heterocycles. The highest BCUT2D eigenvalue weighted by Gasteiger charge is 2.61. The van der Waals surface area contributed by atoms with Crippen molar-refractivity contribution < 1.29 is 14.7 Å². The number of amides is 3. The molecule has 6 rings (SSSR count). The minimum absolute atomic E-state index is 0.103. The molecule has 0 bridgehead atoms. The van der Waals surface area contributed by atoms with Crippen LogP contribution in [-0.4, -0.2) is 53.5 Å². The van der Waals surface area contributed by atoms with Gasteiger partial charge in [0, 0.05) is 53.5 Å². The van der Waals surface area contributed by atoms with Crippen molar-refractivity contribution in [1.82, 2.24) is 24.3 Å². The fraction of sp³-hybridized carbons (Fsp3) is 0.269. The van der Waals surface area contributed by atoms with Gasteiger partial charge in [-0.15, -0.1) is 0 Å². The van der Waals surface area contributed by atoms with Crippen LogP contribution in [0.1, 0.15) is 36.2 Å². The highest BCUT2D eigenvalue weighted by molar-refractivity contribution is 6.31. The standard InChI is InChI=1S/C26H24ClN5O3/c1-2-26-14-20-19-13-17(27)6-7-21(19)29-22(20)23(16-4-3-5-18(33)12-16)32(26)25(35)31(24(26)34)11-10-30-9-8-28-15-30/h3-9,12-13,15,23,29,33H,2,10-11,14H2,1H3. The minimum Gasteiger partial charge on any atom is -0.508 e. The lowest BCUT2D eigenvalue weighted by atomic mass is 9.78. The van der Waals surface area contributed by atoms with Gasteiger partial charge in [-0.1, -0.05) is 30.7 Å². The fourth-order valence-corrected chi connectivity index (χ4v) is 5.82. The number of H-pyrrole nitrogens is 1. The van der Waals surface area contributed by atoms with Gasteiger partial charge in [0.05, 0.1) is 6.33 Å². The molecular weight excluding hydrogens is 466 g/mol. The molecule has 2 aliphatic rings. The molecule has 2 unspecified atom stereocenters. The maximum atomic E-state index is 14.0. The third-order valence-electron chi connectivity index (χ3n) is 7.36. The molecular formula is C26H24ClN5O3. The average molecular weight is 490 g/mol. The van der Waals surface area contributed by atoms with Crippen LogP contribution in [0.2, 0.25) is 5.02 Å². The number of fused-ring (bicyclic) bond motifs is 4. The zero-order valence-corrected chi connectivity index (χ0v) is 19.9. The number of aromatic hydroxyl groups is 1. The molecule has 3 amide bonds. The predicted octanol–water partition coefficient (Wildman–Crippen LogP) is 4.48. The molecule has 0 spiro atoms. The largest absolute Gasteiger partial charge is 0.508 e. The third kappa shape index (κ3) is 3.16. The first kappa shape index (κ1) is 21.7. The van der Waals surface area contributed by atoms with Crippen LogP contribution in [0.5, 0.6) is 5.75 Å². The molecule has 4 aromatic rings. The van der Waals surface area contributed by atoms with Crippen molar-refractivity contribution in [3.63, 3.8) is 0 Å². The number of imide groups is 1. The van der Waals surface area contributed by atoms with Crippen molar-refractivity contribution >= 4 is 34.4 Å². The van der Waals surface area contributed by atoms with E-state index in [1.807, 2.05) is 42.0 Å². The molecule has 0 aliphatic carbocycles. The first-order valence-corrected chi connectivity index (χ1v) is 12.0. The van der Waals surface area contributed by atoms with Crippen molar-refractivity contribution in [2.45, 2.75) is 37.9 Å². The Kier molecular flexibility index (Phi) is 4.89. The van der Waals surface area contributed by atoms with Crippen LogP contribution in [-0.2, 0) is 17.8 Å². The lowest BCUT2D eigenvalue weighted by Crippen LogP contribution is -2.55. The molecule has 2 aromatic carbocycles. The van der Waals surface area contributed by atoms with Crippen LogP contribution in [0.4, 0.5) is 4.79 Å². The number of carbonyl (C=O) groups is 2. The Morgan fingerprint density at radius 3 is 2.80 bits per heavy atom. The van der Waals surface area contributed by atoms with Crippen LogP contribution in [0.3, 0.4) is 0 Å². The molecule has 0 saturated carbocycles. The van der Waals surface area contributed by atoms with E-state index in [0.29, 0.717) is 24.4 Å². The Morgan fingerprint density at radius 2 is 2.06 bits per heavy atom. The number of hydrogen-bond acceptors (Lipinski definition) is 4. The van der Waals surface area contributed by atoms with E-state index in [4.69, 9.17) is 11.6 Å². The Bertz CT molecular complexity index is 1460. The molecule has 8 nitrogen and oxygen atoms in total. The van der Waals surface area contributed by atoms with Gasteiger partial charge in [0.25, 0.3) is 5.91 Å². The second kappa shape index (κ2) is 7.88. The predicted molar refractivity (Wildman–Crippen MR) is 131 cm³/mol. The van der Waals surface area contributed by atoms with Gasteiger partial charge in [0.1, 0.15) is 17.3 Å². The quantitative estimate of drug-likeness (QED) is 0.404. The van der Waals surface area contributed by atoms with E-state index in [9.17, 15) is 14.7 Å². The molecule has 2 aromatic heterocycles. The maximum Gasteiger partial charge on any atom is 0.328 e. The van der Waals surface area contributed by atoms with Gasteiger partial charge in [0.15, 0.2) is 0 Å². The van der Waals surface area contributed by atoms with Gasteiger partial charge >= 0.3 is 6.03 Å². The minimum atomic E-state index is -1.04. The number of phenols is 1. The summed E-state index contributed by atoms with van der Waals surface area (Å²) in [6.07, 6.45) is 6.00. The highest BCUT2D eigenvalue weighted by atomic mass is 35.5. The van der Waals surface area contributed by atoms with Gasteiger partial charge in [0.2, 0.25) is 0 Å². The molecule has 178 valence electrons. The van der Waals surface area contributed by atoms with Gasteiger partial charge in [-0.2, -0.15) is 0 Å². The third-order valence-corrected chi connectivity index (χ3v) is 7.59. The summed E-state index contributed by atoms with van der Waals surface area (Å²) in [4.78, 5) is 38.5. The maximum absolute atomic E-state index is 14.0. The van der Waals surface area contributed by atoms with Gasteiger partial charge in [-0.25, -0.2) is 9.78 Å². The fourth-order valence-electron chi connectivity index (χ4n) is 5.65. The number of benzene rings is 2. The van der Waals surface area contributed by atoms with Crippen molar-refractivity contribution in [2.75, 3.05) is 6.54 Å². The molecule has 35 heavy (non-hydrogen) atoms. The number of hydrogen-bond donors (Lipinski definition) is 2. The van der Waals surface area contributed by atoms with Crippen LogP contribution < -0.4 is 0 Å². The summed E-state index contributed by atoms with van der Waals surface area (Å²) < 4.78 is 1.85. The number of nitrogens with zero attached hydrogens (tertiary/aromatic N) is 4. The summed E-state index contributed by atoms with van der Waals surface area (Å²) in [5, 5.41) is 11.8. The number of aromatic nitrogens is 3. The van der Waals surface area contributed by atoms with Gasteiger partial charge < -0.3 is 14.7 Å². The average Bonchev–Trinajstić information content (AvgIpc) is 3.54. The second-order valence-electron chi connectivity index (χ2n) is 9.18. The van der Waals surface area contributed by atoms with E-state index in [2.05, 4.69) is 9.97 Å². The highest BCUT2D eigenvalue weighted by Crippen LogP contribution is 2.50. The summed E-state index contributed by atoms with van der Waals surface area (Å²) in [6.45, 7) is 2.66.